The Hall–Kier alpha value is -1.59. The first kappa shape index (κ1) is 20.5. The van der Waals surface area contributed by atoms with Gasteiger partial charge in [-0.3, -0.25) is 9.59 Å². The number of amides is 2. The first-order valence-corrected chi connectivity index (χ1v) is 8.42. The molecule has 1 aromatic rings. The molecule has 4 N–H and O–H groups in total. The van der Waals surface area contributed by atoms with Crippen molar-refractivity contribution >= 4 is 29.9 Å². The molecule has 2 atom stereocenters. The Bertz CT molecular complexity index is 558. The van der Waals surface area contributed by atoms with Crippen LogP contribution >= 0.6 is 12.4 Å². The van der Waals surface area contributed by atoms with E-state index in [0.717, 1.165) is 32.1 Å². The Morgan fingerprint density at radius 1 is 1.25 bits per heavy atom. The van der Waals surface area contributed by atoms with Gasteiger partial charge in [-0.1, -0.05) is 19.8 Å². The molecule has 1 aliphatic rings. The van der Waals surface area contributed by atoms with Crippen LogP contribution in [0, 0.1) is 5.92 Å². The van der Waals surface area contributed by atoms with E-state index in [9.17, 15) is 9.59 Å². The highest BCUT2D eigenvalue weighted by molar-refractivity contribution is 5.96. The van der Waals surface area contributed by atoms with Crippen molar-refractivity contribution in [3.8, 4) is 0 Å². The van der Waals surface area contributed by atoms with Crippen molar-refractivity contribution in [2.75, 3.05) is 11.9 Å². The van der Waals surface area contributed by atoms with Gasteiger partial charge in [0.15, 0.2) is 0 Å². The molecule has 2 rings (SSSR count). The number of benzene rings is 1. The molecule has 0 radical (unpaired) electrons. The quantitative estimate of drug-likeness (QED) is 0.760. The average molecular weight is 354 g/mol. The number of carbonyl (C=O) groups is 2. The number of carbonyl (C=O) groups excluding carboxylic acids is 2. The predicted molar refractivity (Wildman–Crippen MR) is 99.5 cm³/mol. The number of nitrogens with one attached hydrogen (secondary N) is 2. The Morgan fingerprint density at radius 2 is 1.92 bits per heavy atom. The van der Waals surface area contributed by atoms with Crippen LogP contribution in [0.4, 0.5) is 5.69 Å². The Balaban J connectivity index is 0.00000288. The zero-order chi connectivity index (χ0) is 16.9. The summed E-state index contributed by atoms with van der Waals surface area (Å²) in [4.78, 5) is 24.3. The van der Waals surface area contributed by atoms with Crippen molar-refractivity contribution in [3.63, 3.8) is 0 Å². The van der Waals surface area contributed by atoms with Gasteiger partial charge in [0.25, 0.3) is 5.91 Å². The van der Waals surface area contributed by atoms with Crippen molar-refractivity contribution in [1.82, 2.24) is 5.32 Å². The van der Waals surface area contributed by atoms with E-state index in [4.69, 9.17) is 5.73 Å². The van der Waals surface area contributed by atoms with Gasteiger partial charge in [-0.05, 0) is 50.5 Å². The second kappa shape index (κ2) is 9.04. The molecule has 134 valence electrons. The Kier molecular flexibility index (Phi) is 7.70. The van der Waals surface area contributed by atoms with Gasteiger partial charge < -0.3 is 16.4 Å². The number of hydrogen-bond donors (Lipinski definition) is 3. The Labute approximate surface area is 150 Å². The van der Waals surface area contributed by atoms with Crippen molar-refractivity contribution in [2.24, 2.45) is 11.7 Å². The number of nitrogens with two attached hydrogens (primary N) is 1. The summed E-state index contributed by atoms with van der Waals surface area (Å²) in [5.41, 5.74) is 7.12. The van der Waals surface area contributed by atoms with Gasteiger partial charge in [-0.15, -0.1) is 12.4 Å². The normalized spacial score (nSPS) is 23.0. The third-order valence-electron chi connectivity index (χ3n) is 4.52. The molecule has 0 aromatic heterocycles. The lowest BCUT2D eigenvalue weighted by molar-refractivity contribution is -0.122. The fourth-order valence-corrected chi connectivity index (χ4v) is 3.06. The van der Waals surface area contributed by atoms with E-state index in [0.29, 0.717) is 17.8 Å². The van der Waals surface area contributed by atoms with Gasteiger partial charge in [0.2, 0.25) is 5.91 Å². The van der Waals surface area contributed by atoms with Gasteiger partial charge >= 0.3 is 0 Å². The maximum atomic E-state index is 12.5. The molecular formula is C18H28ClN3O2. The highest BCUT2D eigenvalue weighted by Crippen LogP contribution is 2.32. The van der Waals surface area contributed by atoms with Crippen LogP contribution in [0.2, 0.25) is 0 Å². The minimum absolute atomic E-state index is 0. The lowest BCUT2D eigenvalue weighted by Crippen LogP contribution is -2.51. The highest BCUT2D eigenvalue weighted by Gasteiger charge is 2.37. The molecular weight excluding hydrogens is 326 g/mol. The summed E-state index contributed by atoms with van der Waals surface area (Å²) in [7, 11) is 0. The summed E-state index contributed by atoms with van der Waals surface area (Å²) in [6.45, 7) is 4.63. The van der Waals surface area contributed by atoms with Crippen LogP contribution in [0.15, 0.2) is 24.3 Å². The van der Waals surface area contributed by atoms with Crippen molar-refractivity contribution in [2.45, 2.75) is 51.5 Å². The van der Waals surface area contributed by atoms with Crippen LogP contribution in [0.25, 0.3) is 0 Å². The van der Waals surface area contributed by atoms with Crippen molar-refractivity contribution in [1.29, 1.82) is 0 Å². The van der Waals surface area contributed by atoms with Gasteiger partial charge in [0, 0.05) is 23.3 Å². The van der Waals surface area contributed by atoms with Crippen LogP contribution < -0.4 is 16.4 Å². The van der Waals surface area contributed by atoms with Gasteiger partial charge in [0.1, 0.15) is 0 Å². The van der Waals surface area contributed by atoms with Crippen LogP contribution in [0.5, 0.6) is 0 Å². The zero-order valence-corrected chi connectivity index (χ0v) is 15.2. The van der Waals surface area contributed by atoms with Gasteiger partial charge in [-0.25, -0.2) is 0 Å². The molecule has 0 heterocycles. The average Bonchev–Trinajstić information content (AvgIpc) is 2.52. The molecule has 0 aliphatic heterocycles. The van der Waals surface area contributed by atoms with E-state index >= 15 is 0 Å². The third-order valence-corrected chi connectivity index (χ3v) is 4.52. The number of halogens is 1. The lowest BCUT2D eigenvalue weighted by atomic mass is 9.74. The lowest BCUT2D eigenvalue weighted by Gasteiger charge is -2.37. The van der Waals surface area contributed by atoms with Crippen molar-refractivity contribution < 1.29 is 9.59 Å². The minimum atomic E-state index is -0.442. The van der Waals surface area contributed by atoms with E-state index in [1.165, 1.54) is 0 Å². The highest BCUT2D eigenvalue weighted by atomic mass is 35.5. The smallest absolute Gasteiger partial charge is 0.251 e. The molecule has 24 heavy (non-hydrogen) atoms. The first-order valence-electron chi connectivity index (χ1n) is 8.42. The maximum absolute atomic E-state index is 12.5. The molecule has 2 amide bonds. The summed E-state index contributed by atoms with van der Waals surface area (Å²) in [5.74, 6) is -0.284. The molecule has 1 fully saturated rings. The first-order chi connectivity index (χ1) is 10.9. The number of anilines is 1. The molecule has 2 unspecified atom stereocenters. The monoisotopic (exact) mass is 353 g/mol. The zero-order valence-electron chi connectivity index (χ0n) is 14.4. The number of rotatable bonds is 5. The molecule has 1 saturated carbocycles. The second-order valence-corrected chi connectivity index (χ2v) is 6.63. The van der Waals surface area contributed by atoms with E-state index in [1.807, 2.05) is 13.8 Å². The molecule has 0 bridgehead atoms. The largest absolute Gasteiger partial charge is 0.352 e. The summed E-state index contributed by atoms with van der Waals surface area (Å²) in [6, 6.07) is 6.97. The third kappa shape index (κ3) is 5.21. The second-order valence-electron chi connectivity index (χ2n) is 6.63. The standard InChI is InChI=1S/C18H27N3O2.ClH/c1-3-12-20-16(22)13-7-9-14(10-8-13)21-17(23)15-6-4-5-11-18(15,2)19;/h7-10,15H,3-6,11-12,19H2,1-2H3,(H,20,22)(H,21,23);1H. The molecule has 6 heteroatoms. The molecule has 1 aromatic carbocycles. The van der Waals surface area contributed by atoms with E-state index in [-0.39, 0.29) is 30.1 Å². The van der Waals surface area contributed by atoms with Crippen LogP contribution in [-0.4, -0.2) is 23.9 Å². The summed E-state index contributed by atoms with van der Waals surface area (Å²) < 4.78 is 0. The van der Waals surface area contributed by atoms with Crippen LogP contribution in [0.1, 0.15) is 56.3 Å². The SMILES string of the molecule is CCCNC(=O)c1ccc(NC(=O)C2CCCCC2(C)N)cc1.Cl. The summed E-state index contributed by atoms with van der Waals surface area (Å²) in [6.07, 6.45) is 4.73. The van der Waals surface area contributed by atoms with E-state index in [2.05, 4.69) is 10.6 Å². The molecule has 5 nitrogen and oxygen atoms in total. The Morgan fingerprint density at radius 3 is 2.50 bits per heavy atom. The van der Waals surface area contributed by atoms with E-state index < -0.39 is 5.54 Å². The molecule has 0 spiro atoms. The van der Waals surface area contributed by atoms with E-state index in [1.54, 1.807) is 24.3 Å². The van der Waals surface area contributed by atoms with Crippen molar-refractivity contribution in [3.05, 3.63) is 29.8 Å². The molecule has 1 aliphatic carbocycles. The fraction of sp³-hybridized carbons (Fsp3) is 0.556. The minimum Gasteiger partial charge on any atom is -0.352 e. The molecule has 0 saturated heterocycles. The van der Waals surface area contributed by atoms with Crippen LogP contribution in [0.3, 0.4) is 0 Å². The topological polar surface area (TPSA) is 84.2 Å². The summed E-state index contributed by atoms with van der Waals surface area (Å²) >= 11 is 0. The predicted octanol–water partition coefficient (Wildman–Crippen LogP) is 3.09. The van der Waals surface area contributed by atoms with Gasteiger partial charge in [-0.2, -0.15) is 0 Å². The maximum Gasteiger partial charge on any atom is 0.251 e. The summed E-state index contributed by atoms with van der Waals surface area (Å²) in [5, 5.41) is 5.75. The number of hydrogen-bond acceptors (Lipinski definition) is 3. The fourth-order valence-electron chi connectivity index (χ4n) is 3.06. The van der Waals surface area contributed by atoms with Crippen LogP contribution in [-0.2, 0) is 4.79 Å². The van der Waals surface area contributed by atoms with Gasteiger partial charge in [0.05, 0.1) is 5.92 Å².